The second-order valence-electron chi connectivity index (χ2n) is 5.93. The number of fused-ring (bicyclic) bond motifs is 1. The van der Waals surface area contributed by atoms with Gasteiger partial charge in [0, 0.05) is 35.3 Å². The van der Waals surface area contributed by atoms with Gasteiger partial charge in [-0.1, -0.05) is 0 Å². The van der Waals surface area contributed by atoms with Gasteiger partial charge in [-0.2, -0.15) is 0 Å². The lowest BCUT2D eigenvalue weighted by Crippen LogP contribution is -2.08. The molecule has 27 heavy (non-hydrogen) atoms. The molecule has 6 nitrogen and oxygen atoms in total. The minimum atomic E-state index is -0.421. The molecule has 0 spiro atoms. The van der Waals surface area contributed by atoms with Crippen LogP contribution in [0.25, 0.3) is 17.0 Å². The molecule has 0 saturated carbocycles. The average molecular weight is 365 g/mol. The highest BCUT2D eigenvalue weighted by atomic mass is 16.5. The average Bonchev–Trinajstić information content (AvgIpc) is 2.65. The zero-order chi connectivity index (χ0) is 19.4. The topological polar surface area (TPSA) is 77.8 Å². The molecule has 1 aromatic heterocycles. The van der Waals surface area contributed by atoms with Crippen molar-refractivity contribution in [3.05, 3.63) is 70.1 Å². The lowest BCUT2D eigenvalue weighted by Gasteiger charge is -2.06. The van der Waals surface area contributed by atoms with Gasteiger partial charge in [0.05, 0.1) is 14.2 Å². The van der Waals surface area contributed by atoms with Crippen molar-refractivity contribution in [2.24, 2.45) is 0 Å². The van der Waals surface area contributed by atoms with Crippen LogP contribution in [0.1, 0.15) is 11.1 Å². The van der Waals surface area contributed by atoms with Crippen molar-refractivity contribution in [3.8, 4) is 11.5 Å². The van der Waals surface area contributed by atoms with Gasteiger partial charge in [-0.3, -0.25) is 4.79 Å². The quantitative estimate of drug-likeness (QED) is 0.550. The molecule has 1 amide bonds. The van der Waals surface area contributed by atoms with Crippen molar-refractivity contribution >= 4 is 28.6 Å². The number of rotatable bonds is 5. The third-order valence-corrected chi connectivity index (χ3v) is 4.02. The molecular formula is C21H19NO5. The van der Waals surface area contributed by atoms with Gasteiger partial charge in [0.2, 0.25) is 5.91 Å². The number of hydrogen-bond donors (Lipinski definition) is 1. The SMILES string of the molecule is COc1cc(/C=C/C(=O)Nc2ccc3c(C)cc(=O)oc3c2)cc(OC)c1. The molecule has 0 unspecified atom stereocenters. The molecule has 1 heterocycles. The number of anilines is 1. The Labute approximate surface area is 156 Å². The van der Waals surface area contributed by atoms with E-state index in [-0.39, 0.29) is 5.91 Å². The summed E-state index contributed by atoms with van der Waals surface area (Å²) in [5.74, 6) is 0.954. The van der Waals surface area contributed by atoms with Gasteiger partial charge in [-0.15, -0.1) is 0 Å². The minimum Gasteiger partial charge on any atom is -0.497 e. The summed E-state index contributed by atoms with van der Waals surface area (Å²) in [6.45, 7) is 1.84. The molecule has 138 valence electrons. The van der Waals surface area contributed by atoms with Gasteiger partial charge >= 0.3 is 5.63 Å². The molecule has 0 atom stereocenters. The van der Waals surface area contributed by atoms with Gasteiger partial charge in [-0.25, -0.2) is 4.79 Å². The number of benzene rings is 2. The summed E-state index contributed by atoms with van der Waals surface area (Å²) in [4.78, 5) is 23.7. The fourth-order valence-electron chi connectivity index (χ4n) is 2.68. The van der Waals surface area contributed by atoms with E-state index in [0.717, 1.165) is 16.5 Å². The molecule has 0 bridgehead atoms. The molecule has 1 N–H and O–H groups in total. The summed E-state index contributed by atoms with van der Waals surface area (Å²) in [6, 6.07) is 12.0. The molecule has 0 fully saturated rings. The highest BCUT2D eigenvalue weighted by Gasteiger charge is 2.05. The Morgan fingerprint density at radius 1 is 1.04 bits per heavy atom. The van der Waals surface area contributed by atoms with Crippen molar-refractivity contribution in [2.45, 2.75) is 6.92 Å². The number of nitrogens with one attached hydrogen (secondary N) is 1. The van der Waals surface area contributed by atoms with Crippen LogP contribution in [0.2, 0.25) is 0 Å². The van der Waals surface area contributed by atoms with Crippen LogP contribution in [0.3, 0.4) is 0 Å². The van der Waals surface area contributed by atoms with E-state index >= 15 is 0 Å². The van der Waals surface area contributed by atoms with Gasteiger partial charge in [0.15, 0.2) is 0 Å². The first-order valence-corrected chi connectivity index (χ1v) is 8.25. The van der Waals surface area contributed by atoms with Crippen LogP contribution in [-0.4, -0.2) is 20.1 Å². The standard InChI is InChI=1S/C21H19NO5/c1-13-8-21(24)27-19-11-15(5-6-18(13)19)22-20(23)7-4-14-9-16(25-2)12-17(10-14)26-3/h4-12H,1-3H3,(H,22,23)/b7-4+. The zero-order valence-electron chi connectivity index (χ0n) is 15.2. The smallest absolute Gasteiger partial charge is 0.336 e. The summed E-state index contributed by atoms with van der Waals surface area (Å²) in [6.07, 6.45) is 3.07. The number of methoxy groups -OCH3 is 2. The normalized spacial score (nSPS) is 10.9. The molecule has 0 aliphatic carbocycles. The minimum absolute atomic E-state index is 0.314. The highest BCUT2D eigenvalue weighted by Crippen LogP contribution is 2.24. The number of amides is 1. The molecule has 0 aliphatic heterocycles. The fraction of sp³-hybridized carbons (Fsp3) is 0.143. The molecule has 3 rings (SSSR count). The lowest BCUT2D eigenvalue weighted by atomic mass is 10.1. The molecule has 2 aromatic carbocycles. The van der Waals surface area contributed by atoms with Crippen molar-refractivity contribution < 1.29 is 18.7 Å². The Morgan fingerprint density at radius 3 is 2.41 bits per heavy atom. The second-order valence-corrected chi connectivity index (χ2v) is 5.93. The molecular weight excluding hydrogens is 346 g/mol. The van der Waals surface area contributed by atoms with E-state index < -0.39 is 5.63 Å². The largest absolute Gasteiger partial charge is 0.497 e. The molecule has 0 saturated heterocycles. The van der Waals surface area contributed by atoms with E-state index in [2.05, 4.69) is 5.32 Å². The van der Waals surface area contributed by atoms with Gasteiger partial charge in [0.1, 0.15) is 17.1 Å². The maximum atomic E-state index is 12.2. The van der Waals surface area contributed by atoms with Crippen molar-refractivity contribution in [3.63, 3.8) is 0 Å². The first kappa shape index (κ1) is 18.3. The Morgan fingerprint density at radius 2 is 1.74 bits per heavy atom. The van der Waals surface area contributed by atoms with Crippen molar-refractivity contribution in [1.82, 2.24) is 0 Å². The van der Waals surface area contributed by atoms with Gasteiger partial charge in [0.25, 0.3) is 0 Å². The van der Waals surface area contributed by atoms with Crippen LogP contribution in [0.15, 0.2) is 57.8 Å². The Balaban J connectivity index is 1.78. The predicted molar refractivity (Wildman–Crippen MR) is 104 cm³/mol. The molecule has 3 aromatic rings. The highest BCUT2D eigenvalue weighted by molar-refractivity contribution is 6.02. The molecule has 0 aliphatic rings. The lowest BCUT2D eigenvalue weighted by molar-refractivity contribution is -0.111. The van der Waals surface area contributed by atoms with Crippen LogP contribution in [0.4, 0.5) is 5.69 Å². The molecule has 0 radical (unpaired) electrons. The summed E-state index contributed by atoms with van der Waals surface area (Å²) < 4.78 is 15.6. The third kappa shape index (κ3) is 4.36. The number of hydrogen-bond acceptors (Lipinski definition) is 5. The Bertz CT molecular complexity index is 1060. The maximum absolute atomic E-state index is 12.2. The number of ether oxygens (including phenoxy) is 2. The Hall–Kier alpha value is -3.54. The fourth-order valence-corrected chi connectivity index (χ4v) is 2.68. The van der Waals surface area contributed by atoms with E-state index in [1.165, 1.54) is 12.1 Å². The number of carbonyl (C=O) groups excluding carboxylic acids is 1. The monoisotopic (exact) mass is 365 g/mol. The number of carbonyl (C=O) groups is 1. The molecule has 6 heteroatoms. The first-order chi connectivity index (χ1) is 13.0. The van der Waals surface area contributed by atoms with Crippen LogP contribution in [-0.2, 0) is 4.79 Å². The zero-order valence-corrected chi connectivity index (χ0v) is 15.2. The summed E-state index contributed by atoms with van der Waals surface area (Å²) >= 11 is 0. The summed E-state index contributed by atoms with van der Waals surface area (Å²) in [5, 5.41) is 3.58. The third-order valence-electron chi connectivity index (χ3n) is 4.02. The van der Waals surface area contributed by atoms with E-state index in [4.69, 9.17) is 13.9 Å². The van der Waals surface area contributed by atoms with E-state index in [0.29, 0.717) is 22.8 Å². The summed E-state index contributed by atoms with van der Waals surface area (Å²) in [7, 11) is 3.13. The van der Waals surface area contributed by atoms with Crippen molar-refractivity contribution in [1.29, 1.82) is 0 Å². The first-order valence-electron chi connectivity index (χ1n) is 8.25. The van der Waals surface area contributed by atoms with Crippen LogP contribution < -0.4 is 20.4 Å². The van der Waals surface area contributed by atoms with E-state index in [9.17, 15) is 9.59 Å². The van der Waals surface area contributed by atoms with Crippen LogP contribution in [0.5, 0.6) is 11.5 Å². The summed E-state index contributed by atoms with van der Waals surface area (Å²) in [5.41, 5.74) is 2.14. The maximum Gasteiger partial charge on any atom is 0.336 e. The van der Waals surface area contributed by atoms with E-state index in [1.54, 1.807) is 56.7 Å². The second kappa shape index (κ2) is 7.78. The number of aryl methyl sites for hydroxylation is 1. The predicted octanol–water partition coefficient (Wildman–Crippen LogP) is 3.77. The van der Waals surface area contributed by atoms with Gasteiger partial charge in [-0.05, 0) is 48.4 Å². The van der Waals surface area contributed by atoms with E-state index in [1.807, 2.05) is 6.92 Å². The Kier molecular flexibility index (Phi) is 5.26. The van der Waals surface area contributed by atoms with Gasteiger partial charge < -0.3 is 19.2 Å². The van der Waals surface area contributed by atoms with Crippen molar-refractivity contribution in [2.75, 3.05) is 19.5 Å². The van der Waals surface area contributed by atoms with Crippen LogP contribution >= 0.6 is 0 Å². The van der Waals surface area contributed by atoms with Crippen LogP contribution in [0, 0.1) is 6.92 Å².